The molecule has 3 rings (SSSR count). The van der Waals surface area contributed by atoms with Crippen molar-refractivity contribution in [1.82, 2.24) is 14.4 Å². The SMILES string of the molecule is CCCCN(CC(=O)N(Cc1cccn1Cc1ccccc1Cl)CC(C)C)C(=O)Nc1cccc(C)c1C. The first kappa shape index (κ1) is 29.3. The topological polar surface area (TPSA) is 57.6 Å². The zero-order valence-corrected chi connectivity index (χ0v) is 24.1. The molecule has 1 aromatic heterocycles. The summed E-state index contributed by atoms with van der Waals surface area (Å²) in [6.45, 7) is 12.6. The number of amides is 3. The maximum absolute atomic E-state index is 13.7. The van der Waals surface area contributed by atoms with Crippen LogP contribution in [0.15, 0.2) is 60.8 Å². The number of carbonyl (C=O) groups excluding carboxylic acids is 2. The lowest BCUT2D eigenvalue weighted by Gasteiger charge is -2.29. The average Bonchev–Trinajstić information content (AvgIpc) is 3.31. The number of nitrogens with zero attached hydrogens (tertiary/aromatic N) is 3. The molecule has 7 heteroatoms. The molecule has 3 amide bonds. The maximum atomic E-state index is 13.7. The van der Waals surface area contributed by atoms with Crippen LogP contribution in [0.2, 0.25) is 5.02 Å². The number of unbranched alkanes of at least 4 members (excludes halogenated alkanes) is 1. The standard InChI is InChI=1S/C31H41ClN4O2/c1-6-7-17-35(31(38)33-29-16-10-12-24(4)25(29)5)22-30(37)36(19-23(2)3)21-27-14-11-18-34(27)20-26-13-8-9-15-28(26)32/h8-16,18,23H,6-7,17,19-22H2,1-5H3,(H,33,38). The van der Waals surface area contributed by atoms with Gasteiger partial charge in [0.25, 0.3) is 0 Å². The molecule has 0 radical (unpaired) electrons. The van der Waals surface area contributed by atoms with Crippen LogP contribution in [0.5, 0.6) is 0 Å². The molecule has 1 heterocycles. The van der Waals surface area contributed by atoms with Crippen LogP contribution < -0.4 is 5.32 Å². The Balaban J connectivity index is 1.76. The Morgan fingerprint density at radius 2 is 1.76 bits per heavy atom. The Bertz CT molecular complexity index is 1220. The summed E-state index contributed by atoms with van der Waals surface area (Å²) in [6.07, 6.45) is 3.78. The number of aromatic nitrogens is 1. The third kappa shape index (κ3) is 8.12. The average molecular weight is 537 g/mol. The molecule has 6 nitrogen and oxygen atoms in total. The van der Waals surface area contributed by atoms with Crippen LogP contribution in [0.3, 0.4) is 0 Å². The predicted octanol–water partition coefficient (Wildman–Crippen LogP) is 7.13. The van der Waals surface area contributed by atoms with E-state index in [0.717, 1.165) is 45.9 Å². The second-order valence-electron chi connectivity index (χ2n) is 10.3. The molecule has 0 unspecified atom stereocenters. The normalized spacial score (nSPS) is 11.0. The van der Waals surface area contributed by atoms with Crippen molar-refractivity contribution >= 4 is 29.2 Å². The number of anilines is 1. The highest BCUT2D eigenvalue weighted by Gasteiger charge is 2.23. The van der Waals surface area contributed by atoms with Gasteiger partial charge in [0, 0.05) is 42.2 Å². The highest BCUT2D eigenvalue weighted by Crippen LogP contribution is 2.20. The van der Waals surface area contributed by atoms with Gasteiger partial charge >= 0.3 is 6.03 Å². The number of benzene rings is 2. The monoisotopic (exact) mass is 536 g/mol. The molecular formula is C31H41ClN4O2. The van der Waals surface area contributed by atoms with E-state index < -0.39 is 0 Å². The highest BCUT2D eigenvalue weighted by atomic mass is 35.5. The summed E-state index contributed by atoms with van der Waals surface area (Å²) in [6, 6.07) is 17.5. The first-order valence-corrected chi connectivity index (χ1v) is 13.8. The summed E-state index contributed by atoms with van der Waals surface area (Å²) in [4.78, 5) is 30.5. The lowest BCUT2D eigenvalue weighted by atomic mass is 10.1. The van der Waals surface area contributed by atoms with Gasteiger partial charge < -0.3 is 19.7 Å². The predicted molar refractivity (Wildman–Crippen MR) is 157 cm³/mol. The zero-order valence-electron chi connectivity index (χ0n) is 23.3. The van der Waals surface area contributed by atoms with E-state index in [0.29, 0.717) is 32.1 Å². The maximum Gasteiger partial charge on any atom is 0.322 e. The van der Waals surface area contributed by atoms with Crippen molar-refractivity contribution in [2.24, 2.45) is 5.92 Å². The Morgan fingerprint density at radius 1 is 1.00 bits per heavy atom. The molecule has 1 N–H and O–H groups in total. The van der Waals surface area contributed by atoms with E-state index >= 15 is 0 Å². The molecule has 204 valence electrons. The molecule has 2 aromatic carbocycles. The van der Waals surface area contributed by atoms with Crippen molar-refractivity contribution in [3.05, 3.63) is 88.2 Å². The van der Waals surface area contributed by atoms with Gasteiger partial charge in [-0.1, -0.05) is 69.1 Å². The van der Waals surface area contributed by atoms with E-state index in [1.165, 1.54) is 0 Å². The highest BCUT2D eigenvalue weighted by molar-refractivity contribution is 6.31. The van der Waals surface area contributed by atoms with Crippen LogP contribution in [0.25, 0.3) is 0 Å². The number of hydrogen-bond donors (Lipinski definition) is 1. The number of aryl methyl sites for hydroxylation is 1. The number of urea groups is 1. The quantitative estimate of drug-likeness (QED) is 0.268. The van der Waals surface area contributed by atoms with Gasteiger partial charge in [0.2, 0.25) is 5.91 Å². The van der Waals surface area contributed by atoms with E-state index in [-0.39, 0.29) is 18.5 Å². The summed E-state index contributed by atoms with van der Waals surface area (Å²) >= 11 is 6.40. The molecule has 0 aliphatic carbocycles. The lowest BCUT2D eigenvalue weighted by Crippen LogP contribution is -2.45. The molecule has 0 saturated carbocycles. The Labute approximate surface area is 232 Å². The van der Waals surface area contributed by atoms with E-state index in [4.69, 9.17) is 11.6 Å². The largest absolute Gasteiger partial charge is 0.345 e. The number of hydrogen-bond acceptors (Lipinski definition) is 2. The van der Waals surface area contributed by atoms with Crippen LogP contribution in [-0.2, 0) is 17.9 Å². The van der Waals surface area contributed by atoms with E-state index in [2.05, 4.69) is 30.7 Å². The van der Waals surface area contributed by atoms with Crippen molar-refractivity contribution in [2.45, 2.75) is 60.5 Å². The van der Waals surface area contributed by atoms with Gasteiger partial charge in [-0.05, 0) is 67.1 Å². The third-order valence-electron chi connectivity index (χ3n) is 6.75. The Morgan fingerprint density at radius 3 is 2.47 bits per heavy atom. The summed E-state index contributed by atoms with van der Waals surface area (Å²) < 4.78 is 2.13. The first-order chi connectivity index (χ1) is 18.2. The van der Waals surface area contributed by atoms with Gasteiger partial charge in [-0.15, -0.1) is 0 Å². The second-order valence-corrected chi connectivity index (χ2v) is 10.7. The van der Waals surface area contributed by atoms with Crippen LogP contribution >= 0.6 is 11.6 Å². The molecule has 0 spiro atoms. The smallest absolute Gasteiger partial charge is 0.322 e. The van der Waals surface area contributed by atoms with E-state index in [9.17, 15) is 9.59 Å². The molecule has 0 fully saturated rings. The molecule has 0 aliphatic rings. The van der Waals surface area contributed by atoms with Crippen molar-refractivity contribution in [2.75, 3.05) is 25.0 Å². The lowest BCUT2D eigenvalue weighted by molar-refractivity contribution is -0.133. The Hall–Kier alpha value is -3.25. The third-order valence-corrected chi connectivity index (χ3v) is 7.12. The molecule has 3 aromatic rings. The first-order valence-electron chi connectivity index (χ1n) is 13.5. The fourth-order valence-electron chi connectivity index (χ4n) is 4.39. The van der Waals surface area contributed by atoms with Crippen LogP contribution in [-0.4, -0.2) is 45.9 Å². The molecule has 0 saturated heterocycles. The molecule has 0 atom stereocenters. The van der Waals surface area contributed by atoms with Gasteiger partial charge in [-0.25, -0.2) is 4.79 Å². The van der Waals surface area contributed by atoms with Crippen molar-refractivity contribution < 1.29 is 9.59 Å². The van der Waals surface area contributed by atoms with Crippen LogP contribution in [0.4, 0.5) is 10.5 Å². The minimum atomic E-state index is -0.243. The van der Waals surface area contributed by atoms with Gasteiger partial charge in [0.05, 0.1) is 6.54 Å². The number of halogens is 1. The minimum Gasteiger partial charge on any atom is -0.345 e. The molecule has 0 bridgehead atoms. The molecular weight excluding hydrogens is 496 g/mol. The van der Waals surface area contributed by atoms with Gasteiger partial charge in [0.1, 0.15) is 6.54 Å². The summed E-state index contributed by atoms with van der Waals surface area (Å²) in [5, 5.41) is 3.76. The van der Waals surface area contributed by atoms with Crippen LogP contribution in [0, 0.1) is 19.8 Å². The van der Waals surface area contributed by atoms with Crippen molar-refractivity contribution in [1.29, 1.82) is 0 Å². The summed E-state index contributed by atoms with van der Waals surface area (Å²) in [5.41, 5.74) is 4.98. The van der Waals surface area contributed by atoms with Crippen molar-refractivity contribution in [3.8, 4) is 0 Å². The fourth-order valence-corrected chi connectivity index (χ4v) is 4.59. The van der Waals surface area contributed by atoms with Gasteiger partial charge in [-0.3, -0.25) is 4.79 Å². The van der Waals surface area contributed by atoms with Gasteiger partial charge in [0.15, 0.2) is 0 Å². The van der Waals surface area contributed by atoms with Crippen LogP contribution in [0.1, 0.15) is 56.0 Å². The van der Waals surface area contributed by atoms with Gasteiger partial charge in [-0.2, -0.15) is 0 Å². The zero-order chi connectivity index (χ0) is 27.7. The summed E-state index contributed by atoms with van der Waals surface area (Å²) in [7, 11) is 0. The summed E-state index contributed by atoms with van der Waals surface area (Å²) in [5.74, 6) is 0.232. The molecule has 38 heavy (non-hydrogen) atoms. The van der Waals surface area contributed by atoms with E-state index in [1.54, 1.807) is 4.90 Å². The van der Waals surface area contributed by atoms with E-state index in [1.807, 2.05) is 79.5 Å². The van der Waals surface area contributed by atoms with Crippen molar-refractivity contribution in [3.63, 3.8) is 0 Å². The fraction of sp³-hybridized carbons (Fsp3) is 0.419. The number of rotatable bonds is 12. The Kier molecular flexibility index (Phi) is 10.8. The number of carbonyl (C=O) groups is 2. The second kappa shape index (κ2) is 14.1. The minimum absolute atomic E-state index is 0.0363. The number of nitrogens with one attached hydrogen (secondary N) is 1. The molecule has 0 aliphatic heterocycles.